The zero-order valence-corrected chi connectivity index (χ0v) is 11.5. The monoisotopic (exact) mass is 307 g/mol. The van der Waals surface area contributed by atoms with Crippen LogP contribution in [0.25, 0.3) is 0 Å². The van der Waals surface area contributed by atoms with Gasteiger partial charge in [0.2, 0.25) is 0 Å². The summed E-state index contributed by atoms with van der Waals surface area (Å²) < 4.78 is 48.1. The van der Waals surface area contributed by atoms with Crippen LogP contribution in [0.2, 0.25) is 0 Å². The largest absolute Gasteiger partial charge is 0.478 e. The van der Waals surface area contributed by atoms with E-state index in [1.54, 1.807) is 0 Å². The third-order valence-electron chi connectivity index (χ3n) is 2.78. The van der Waals surface area contributed by atoms with Crippen LogP contribution in [0.15, 0.2) is 18.2 Å². The molecular formula is C13H16F3NO4. The highest BCUT2D eigenvalue weighted by Crippen LogP contribution is 2.33. The molecule has 0 amide bonds. The van der Waals surface area contributed by atoms with Gasteiger partial charge in [-0.05, 0) is 18.2 Å². The summed E-state index contributed by atoms with van der Waals surface area (Å²) in [5.74, 6) is -1.63. The lowest BCUT2D eigenvalue weighted by Crippen LogP contribution is -2.26. The van der Waals surface area contributed by atoms with Gasteiger partial charge in [0.25, 0.3) is 0 Å². The number of alkyl halides is 3. The van der Waals surface area contributed by atoms with Gasteiger partial charge in [-0.1, -0.05) is 0 Å². The predicted octanol–water partition coefficient (Wildman–Crippen LogP) is 2.48. The van der Waals surface area contributed by atoms with E-state index in [1.807, 2.05) is 0 Å². The molecule has 0 aliphatic carbocycles. The number of methoxy groups -OCH3 is 2. The first-order chi connectivity index (χ1) is 9.79. The van der Waals surface area contributed by atoms with Crippen molar-refractivity contribution >= 4 is 11.7 Å². The summed E-state index contributed by atoms with van der Waals surface area (Å²) in [6.45, 7) is 0.574. The summed E-state index contributed by atoms with van der Waals surface area (Å²) >= 11 is 0. The average Bonchev–Trinajstić information content (AvgIpc) is 2.42. The summed E-state index contributed by atoms with van der Waals surface area (Å²) in [7, 11) is 2.97. The van der Waals surface area contributed by atoms with Crippen LogP contribution >= 0.6 is 0 Å². The van der Waals surface area contributed by atoms with Gasteiger partial charge in [-0.25, -0.2) is 4.79 Å². The number of rotatable bonds is 7. The van der Waals surface area contributed by atoms with E-state index in [4.69, 9.17) is 14.6 Å². The van der Waals surface area contributed by atoms with Crippen molar-refractivity contribution in [1.82, 2.24) is 0 Å². The van der Waals surface area contributed by atoms with Gasteiger partial charge in [-0.3, -0.25) is 0 Å². The normalized spacial score (nSPS) is 13.0. The van der Waals surface area contributed by atoms with Crippen molar-refractivity contribution in [3.05, 3.63) is 29.3 Å². The van der Waals surface area contributed by atoms with Crippen molar-refractivity contribution in [1.29, 1.82) is 0 Å². The van der Waals surface area contributed by atoms with Crippen LogP contribution in [-0.4, -0.2) is 44.6 Å². The molecule has 21 heavy (non-hydrogen) atoms. The van der Waals surface area contributed by atoms with Gasteiger partial charge < -0.3 is 19.9 Å². The Bertz CT molecular complexity index is 491. The second kappa shape index (κ2) is 7.28. The summed E-state index contributed by atoms with van der Waals surface area (Å²) in [6.07, 6.45) is -5.01. The van der Waals surface area contributed by atoms with Crippen LogP contribution in [0, 0.1) is 0 Å². The highest BCUT2D eigenvalue weighted by atomic mass is 19.4. The first kappa shape index (κ1) is 17.3. The number of hydrogen-bond acceptors (Lipinski definition) is 4. The van der Waals surface area contributed by atoms with Crippen molar-refractivity contribution in [3.8, 4) is 0 Å². The molecule has 1 atom stereocenters. The Balaban J connectivity index is 2.91. The molecule has 1 aromatic rings. The maximum atomic E-state index is 12.7. The van der Waals surface area contributed by atoms with Crippen molar-refractivity contribution in [3.63, 3.8) is 0 Å². The third-order valence-corrected chi connectivity index (χ3v) is 2.78. The van der Waals surface area contributed by atoms with E-state index >= 15 is 0 Å². The minimum Gasteiger partial charge on any atom is -0.478 e. The molecule has 0 aromatic heterocycles. The zero-order chi connectivity index (χ0) is 16.0. The highest BCUT2D eigenvalue weighted by molar-refractivity contribution is 5.91. The third kappa shape index (κ3) is 4.91. The van der Waals surface area contributed by atoms with Crippen molar-refractivity contribution < 1.29 is 32.5 Å². The molecule has 5 nitrogen and oxygen atoms in total. The lowest BCUT2D eigenvalue weighted by molar-refractivity contribution is -0.138. The van der Waals surface area contributed by atoms with Gasteiger partial charge in [0.05, 0.1) is 23.8 Å². The number of nitrogens with one attached hydrogen (secondary N) is 1. The van der Waals surface area contributed by atoms with Gasteiger partial charge in [0, 0.05) is 26.5 Å². The molecule has 0 bridgehead atoms. The first-order valence-electron chi connectivity index (χ1n) is 5.99. The summed E-state index contributed by atoms with van der Waals surface area (Å²) in [5.41, 5.74) is -1.72. The van der Waals surface area contributed by atoms with Crippen LogP contribution in [0.1, 0.15) is 15.9 Å². The summed E-state index contributed by atoms with van der Waals surface area (Å²) in [4.78, 5) is 10.9. The fourth-order valence-electron chi connectivity index (χ4n) is 1.71. The lowest BCUT2D eigenvalue weighted by atomic mass is 10.1. The summed E-state index contributed by atoms with van der Waals surface area (Å²) in [6, 6.07) is 2.86. The minimum absolute atomic E-state index is 0.263. The van der Waals surface area contributed by atoms with Crippen LogP contribution in [0.4, 0.5) is 18.9 Å². The summed E-state index contributed by atoms with van der Waals surface area (Å²) in [5, 5.41) is 11.7. The molecule has 0 heterocycles. The van der Waals surface area contributed by atoms with Crippen molar-refractivity contribution in [2.45, 2.75) is 12.3 Å². The van der Waals surface area contributed by atoms with E-state index in [9.17, 15) is 18.0 Å². The Morgan fingerprint density at radius 3 is 2.52 bits per heavy atom. The Labute approximate surface area is 119 Å². The van der Waals surface area contributed by atoms with Gasteiger partial charge in [0.1, 0.15) is 0 Å². The molecule has 0 spiro atoms. The maximum absolute atomic E-state index is 12.7. The average molecular weight is 307 g/mol. The van der Waals surface area contributed by atoms with E-state index in [0.717, 1.165) is 12.1 Å². The van der Waals surface area contributed by atoms with E-state index in [1.165, 1.54) is 20.3 Å². The fraction of sp³-hybridized carbons (Fsp3) is 0.462. The quantitative estimate of drug-likeness (QED) is 0.810. The number of anilines is 1. The van der Waals surface area contributed by atoms with E-state index in [-0.39, 0.29) is 18.3 Å². The minimum atomic E-state index is -4.71. The van der Waals surface area contributed by atoms with Gasteiger partial charge in [-0.2, -0.15) is 13.2 Å². The second-order valence-electron chi connectivity index (χ2n) is 4.26. The van der Waals surface area contributed by atoms with E-state index in [0.29, 0.717) is 6.61 Å². The number of ether oxygens (including phenoxy) is 2. The SMILES string of the molecule is COCC(CNc1ccc(C(F)(F)F)c(C(=O)O)c1)OC. The molecule has 118 valence electrons. The Kier molecular flexibility index (Phi) is 5.98. The van der Waals surface area contributed by atoms with Gasteiger partial charge in [-0.15, -0.1) is 0 Å². The Morgan fingerprint density at radius 2 is 2.05 bits per heavy atom. The molecule has 0 saturated heterocycles. The standard InChI is InChI=1S/C13H16F3NO4/c1-20-7-9(21-2)6-17-8-3-4-11(13(14,15)16)10(5-8)12(18)19/h3-5,9,17H,6-7H2,1-2H3,(H,18,19). The number of hydrogen-bond donors (Lipinski definition) is 2. The molecule has 0 aliphatic rings. The molecule has 1 unspecified atom stereocenters. The van der Waals surface area contributed by atoms with E-state index < -0.39 is 23.3 Å². The van der Waals surface area contributed by atoms with E-state index in [2.05, 4.69) is 5.32 Å². The maximum Gasteiger partial charge on any atom is 0.417 e. The van der Waals surface area contributed by atoms with Crippen LogP contribution in [-0.2, 0) is 15.7 Å². The van der Waals surface area contributed by atoms with Crippen LogP contribution in [0.5, 0.6) is 0 Å². The second-order valence-corrected chi connectivity index (χ2v) is 4.26. The molecule has 8 heteroatoms. The van der Waals surface area contributed by atoms with Crippen LogP contribution < -0.4 is 5.32 Å². The highest BCUT2D eigenvalue weighted by Gasteiger charge is 2.35. The smallest absolute Gasteiger partial charge is 0.417 e. The molecule has 1 rings (SSSR count). The predicted molar refractivity (Wildman–Crippen MR) is 69.6 cm³/mol. The molecule has 0 saturated carbocycles. The Hall–Kier alpha value is -1.80. The molecule has 0 fully saturated rings. The van der Waals surface area contributed by atoms with Crippen LogP contribution in [0.3, 0.4) is 0 Å². The first-order valence-corrected chi connectivity index (χ1v) is 5.99. The fourth-order valence-corrected chi connectivity index (χ4v) is 1.71. The number of benzene rings is 1. The number of carboxylic acid groups (broad SMARTS) is 1. The van der Waals surface area contributed by atoms with Gasteiger partial charge in [0.15, 0.2) is 0 Å². The number of halogens is 3. The Morgan fingerprint density at radius 1 is 1.38 bits per heavy atom. The van der Waals surface area contributed by atoms with Crippen molar-refractivity contribution in [2.24, 2.45) is 0 Å². The molecule has 0 aliphatic heterocycles. The number of carboxylic acids is 1. The number of aromatic carboxylic acids is 1. The molecule has 2 N–H and O–H groups in total. The van der Waals surface area contributed by atoms with Crippen molar-refractivity contribution in [2.75, 3.05) is 32.7 Å². The molecular weight excluding hydrogens is 291 g/mol. The molecule has 1 aromatic carbocycles. The lowest BCUT2D eigenvalue weighted by Gasteiger charge is -2.17. The molecule has 0 radical (unpaired) electrons. The topological polar surface area (TPSA) is 67.8 Å². The number of carbonyl (C=O) groups is 1. The zero-order valence-electron chi connectivity index (χ0n) is 11.5. The van der Waals surface area contributed by atoms with Gasteiger partial charge >= 0.3 is 12.1 Å².